The van der Waals surface area contributed by atoms with Crippen molar-refractivity contribution in [2.24, 2.45) is 29.6 Å². The number of alkyl halides is 3. The number of rotatable bonds is 7. The van der Waals surface area contributed by atoms with Crippen LogP contribution in [0.1, 0.15) is 83.3 Å². The van der Waals surface area contributed by atoms with Gasteiger partial charge in [-0.15, -0.1) is 0 Å². The summed E-state index contributed by atoms with van der Waals surface area (Å²) in [6.45, 7) is 7.98. The Labute approximate surface area is 178 Å². The van der Waals surface area contributed by atoms with Crippen molar-refractivity contribution in [1.82, 2.24) is 0 Å². The van der Waals surface area contributed by atoms with E-state index in [1.54, 1.807) is 12.1 Å². The topological polar surface area (TPSA) is 18.5 Å². The minimum Gasteiger partial charge on any atom is -0.464 e. The fraction of sp³-hybridized carbons (Fsp3) is 0.760. The Kier molecular flexibility index (Phi) is 6.13. The molecule has 0 radical (unpaired) electrons. The molecule has 3 aliphatic rings. The summed E-state index contributed by atoms with van der Waals surface area (Å²) in [5.41, 5.74) is 0.157. The predicted octanol–water partition coefficient (Wildman–Crippen LogP) is 7.42. The normalized spacial score (nSPS) is 32.5. The molecule has 7 atom stereocenters. The molecule has 168 valence electrons. The van der Waals surface area contributed by atoms with Gasteiger partial charge >= 0.3 is 6.18 Å². The summed E-state index contributed by atoms with van der Waals surface area (Å²) in [6, 6.07) is 4.31. The Bertz CT molecular complexity index is 744. The molecule has 3 saturated carbocycles. The monoisotopic (exact) mass is 424 g/mol. The van der Waals surface area contributed by atoms with E-state index in [-0.39, 0.29) is 23.7 Å². The third-order valence-corrected chi connectivity index (χ3v) is 7.96. The van der Waals surface area contributed by atoms with Crippen LogP contribution in [0.2, 0.25) is 0 Å². The van der Waals surface area contributed by atoms with E-state index < -0.39 is 18.0 Å². The molecule has 1 aromatic carbocycles. The zero-order valence-electron chi connectivity index (χ0n) is 18.5. The highest BCUT2D eigenvalue weighted by molar-refractivity contribution is 5.40. The molecule has 7 unspecified atom stereocenters. The highest BCUT2D eigenvalue weighted by Crippen LogP contribution is 2.59. The molecule has 0 aliphatic heterocycles. The predicted molar refractivity (Wildman–Crippen MR) is 111 cm³/mol. The van der Waals surface area contributed by atoms with Crippen LogP contribution in [0.3, 0.4) is 0 Å². The Hall–Kier alpha value is -1.23. The fourth-order valence-corrected chi connectivity index (χ4v) is 6.19. The molecular weight excluding hydrogens is 389 g/mol. The maximum absolute atomic E-state index is 13.7. The van der Waals surface area contributed by atoms with Crippen molar-refractivity contribution in [2.45, 2.75) is 90.7 Å². The van der Waals surface area contributed by atoms with Gasteiger partial charge in [0.1, 0.15) is 5.75 Å². The quantitative estimate of drug-likeness (QED) is 0.424. The third-order valence-electron chi connectivity index (χ3n) is 7.96. The highest BCUT2D eigenvalue weighted by atomic mass is 19.4. The first-order valence-corrected chi connectivity index (χ1v) is 11.7. The Balaban J connectivity index is 1.54. The lowest BCUT2D eigenvalue weighted by Crippen LogP contribution is -2.38. The van der Waals surface area contributed by atoms with Crippen LogP contribution in [0.15, 0.2) is 18.2 Å². The van der Waals surface area contributed by atoms with Gasteiger partial charge in [-0.1, -0.05) is 40.2 Å². The lowest BCUT2D eigenvalue weighted by Gasteiger charge is -2.35. The largest absolute Gasteiger partial charge is 0.464 e. The van der Waals surface area contributed by atoms with Crippen LogP contribution in [0.25, 0.3) is 0 Å². The lowest BCUT2D eigenvalue weighted by molar-refractivity contribution is -0.169. The van der Waals surface area contributed by atoms with E-state index in [0.29, 0.717) is 5.92 Å². The van der Waals surface area contributed by atoms with E-state index in [4.69, 9.17) is 9.47 Å². The van der Waals surface area contributed by atoms with Crippen LogP contribution in [0, 0.1) is 29.6 Å². The maximum Gasteiger partial charge on any atom is 0.419 e. The van der Waals surface area contributed by atoms with Crippen LogP contribution in [-0.4, -0.2) is 12.4 Å². The molecular formula is C25H35F3O2. The second kappa shape index (κ2) is 8.37. The van der Waals surface area contributed by atoms with E-state index >= 15 is 0 Å². The van der Waals surface area contributed by atoms with Crippen molar-refractivity contribution in [3.63, 3.8) is 0 Å². The first-order chi connectivity index (χ1) is 14.2. The zero-order valence-corrected chi connectivity index (χ0v) is 18.5. The van der Waals surface area contributed by atoms with E-state index in [9.17, 15) is 13.2 Å². The van der Waals surface area contributed by atoms with Crippen LogP contribution in [-0.2, 0) is 10.9 Å². The zero-order chi connectivity index (χ0) is 21.6. The van der Waals surface area contributed by atoms with E-state index in [2.05, 4.69) is 0 Å². The minimum absolute atomic E-state index is 0.0307. The molecule has 1 aromatic rings. The van der Waals surface area contributed by atoms with E-state index in [1.807, 2.05) is 27.7 Å². The highest BCUT2D eigenvalue weighted by Gasteiger charge is 2.55. The van der Waals surface area contributed by atoms with Crippen LogP contribution in [0.4, 0.5) is 13.2 Å². The van der Waals surface area contributed by atoms with Crippen molar-refractivity contribution < 1.29 is 22.6 Å². The number of hydrogen-bond acceptors (Lipinski definition) is 2. The van der Waals surface area contributed by atoms with E-state index in [1.165, 1.54) is 25.7 Å². The number of ether oxygens (including phenoxy) is 2. The van der Waals surface area contributed by atoms with Gasteiger partial charge in [0.2, 0.25) is 6.29 Å². The van der Waals surface area contributed by atoms with Gasteiger partial charge < -0.3 is 9.47 Å². The van der Waals surface area contributed by atoms with Gasteiger partial charge in [-0.3, -0.25) is 0 Å². The molecule has 0 spiro atoms. The molecule has 3 fully saturated rings. The minimum atomic E-state index is -4.45. The van der Waals surface area contributed by atoms with Gasteiger partial charge in [0, 0.05) is 5.92 Å². The van der Waals surface area contributed by atoms with Gasteiger partial charge in [-0.05, 0) is 79.4 Å². The van der Waals surface area contributed by atoms with Crippen molar-refractivity contribution in [3.8, 4) is 5.75 Å². The molecule has 0 heterocycles. The van der Waals surface area contributed by atoms with Crippen molar-refractivity contribution >= 4 is 0 Å². The molecule has 0 amide bonds. The van der Waals surface area contributed by atoms with Gasteiger partial charge in [0.05, 0.1) is 11.7 Å². The molecule has 0 N–H and O–H groups in total. The molecule has 2 bridgehead atoms. The summed E-state index contributed by atoms with van der Waals surface area (Å²) >= 11 is 0. The summed E-state index contributed by atoms with van der Waals surface area (Å²) in [7, 11) is 0. The van der Waals surface area contributed by atoms with Crippen LogP contribution < -0.4 is 4.74 Å². The third kappa shape index (κ3) is 4.11. The van der Waals surface area contributed by atoms with E-state index in [0.717, 1.165) is 42.2 Å². The molecule has 3 aliphatic carbocycles. The van der Waals surface area contributed by atoms with Gasteiger partial charge in [0.25, 0.3) is 0 Å². The van der Waals surface area contributed by atoms with Crippen molar-refractivity contribution in [1.29, 1.82) is 0 Å². The summed E-state index contributed by atoms with van der Waals surface area (Å²) in [5, 5.41) is 0. The molecule has 0 saturated heterocycles. The number of halogens is 3. The first-order valence-electron chi connectivity index (χ1n) is 11.7. The van der Waals surface area contributed by atoms with Gasteiger partial charge in [-0.2, -0.15) is 13.2 Å². The SMILES string of the molecule is CCC(C)c1ccc(C(F)(F)F)c(OC(OC2CC3CC2C2CCCC32)C(C)C)c1. The van der Waals surface area contributed by atoms with Gasteiger partial charge in [-0.25, -0.2) is 0 Å². The molecule has 30 heavy (non-hydrogen) atoms. The lowest BCUT2D eigenvalue weighted by atomic mass is 9.80. The second-order valence-corrected chi connectivity index (χ2v) is 10.1. The summed E-state index contributed by atoms with van der Waals surface area (Å²) in [6.07, 6.45) is 2.08. The average molecular weight is 425 g/mol. The molecule has 5 heteroatoms. The summed E-state index contributed by atoms with van der Waals surface area (Å²) in [5.74, 6) is 2.95. The van der Waals surface area contributed by atoms with Crippen LogP contribution >= 0.6 is 0 Å². The Morgan fingerprint density at radius 3 is 2.43 bits per heavy atom. The number of benzene rings is 1. The van der Waals surface area contributed by atoms with Crippen LogP contribution in [0.5, 0.6) is 5.75 Å². The molecule has 0 aromatic heterocycles. The smallest absolute Gasteiger partial charge is 0.419 e. The van der Waals surface area contributed by atoms with Crippen molar-refractivity contribution in [3.05, 3.63) is 29.3 Å². The standard InChI is InChI=1S/C25H35F3O2/c1-5-15(4)16-9-10-21(25(26,27)28)23(12-16)30-24(14(2)3)29-22-13-17-11-20(22)19-8-6-7-18(17)19/h9-10,12,14-15,17-20,22,24H,5-8,11,13H2,1-4H3. The Morgan fingerprint density at radius 1 is 1.03 bits per heavy atom. The van der Waals surface area contributed by atoms with Gasteiger partial charge in [0.15, 0.2) is 0 Å². The molecule has 2 nitrogen and oxygen atoms in total. The summed E-state index contributed by atoms with van der Waals surface area (Å²) < 4.78 is 53.4. The number of hydrogen-bond donors (Lipinski definition) is 0. The fourth-order valence-electron chi connectivity index (χ4n) is 6.19. The Morgan fingerprint density at radius 2 is 1.77 bits per heavy atom. The molecule has 4 rings (SSSR count). The second-order valence-electron chi connectivity index (χ2n) is 10.1. The number of fused-ring (bicyclic) bond motifs is 5. The first kappa shape index (κ1) is 22.0. The average Bonchev–Trinajstić information content (AvgIpc) is 3.39. The summed E-state index contributed by atoms with van der Waals surface area (Å²) in [4.78, 5) is 0. The van der Waals surface area contributed by atoms with Crippen molar-refractivity contribution in [2.75, 3.05) is 0 Å². The maximum atomic E-state index is 13.7.